The van der Waals surface area contributed by atoms with Crippen LogP contribution in [0.5, 0.6) is 5.75 Å². The van der Waals surface area contributed by atoms with E-state index >= 15 is 0 Å². The van der Waals surface area contributed by atoms with E-state index in [1.807, 2.05) is 6.92 Å². The van der Waals surface area contributed by atoms with Crippen molar-refractivity contribution >= 4 is 29.3 Å². The molecule has 144 valence electrons. The Balaban J connectivity index is 1.83. The summed E-state index contributed by atoms with van der Waals surface area (Å²) in [5.74, 6) is 0.386. The number of likely N-dealkylation sites (N-methyl/N-ethyl adjacent to an activating group) is 1. The van der Waals surface area contributed by atoms with Gasteiger partial charge in [-0.05, 0) is 31.2 Å². The number of methoxy groups -OCH3 is 1. The Bertz CT molecular complexity index is 785. The predicted octanol–water partition coefficient (Wildman–Crippen LogP) is 3.80. The molecule has 0 aliphatic heterocycles. The monoisotopic (exact) mass is 390 g/mol. The van der Waals surface area contributed by atoms with Crippen LogP contribution in [-0.4, -0.2) is 42.7 Å². The highest BCUT2D eigenvalue weighted by Crippen LogP contribution is 2.22. The summed E-state index contributed by atoms with van der Waals surface area (Å²) in [5.41, 5.74) is 0.609. The molecule has 27 heavy (non-hydrogen) atoms. The molecule has 0 fully saturated rings. The van der Waals surface area contributed by atoms with E-state index < -0.39 is 0 Å². The zero-order chi connectivity index (χ0) is 19.6. The van der Waals surface area contributed by atoms with Crippen LogP contribution in [0.2, 0.25) is 0 Å². The van der Waals surface area contributed by atoms with Crippen molar-refractivity contribution < 1.29 is 18.7 Å². The van der Waals surface area contributed by atoms with Crippen LogP contribution in [0.15, 0.2) is 53.4 Å². The molecular formula is C20H23FN2O3S. The van der Waals surface area contributed by atoms with E-state index in [4.69, 9.17) is 4.74 Å². The van der Waals surface area contributed by atoms with Crippen molar-refractivity contribution in [1.29, 1.82) is 0 Å². The lowest BCUT2D eigenvalue weighted by molar-refractivity contribution is -0.134. The standard InChI is InChI=1S/C20H23FN2O3S/c1-3-23(14-19(24)22-15-7-6-8-16(13-15)26-2)20(25)11-12-27-18-10-5-4-9-17(18)21/h4-10,13H,3,11-12,14H2,1-2H3,(H,22,24). The van der Waals surface area contributed by atoms with Crippen LogP contribution in [0.1, 0.15) is 13.3 Å². The maximum Gasteiger partial charge on any atom is 0.243 e. The highest BCUT2D eigenvalue weighted by Gasteiger charge is 2.16. The van der Waals surface area contributed by atoms with E-state index in [2.05, 4.69) is 5.32 Å². The smallest absolute Gasteiger partial charge is 0.243 e. The van der Waals surface area contributed by atoms with Crippen LogP contribution in [0.25, 0.3) is 0 Å². The molecule has 0 saturated heterocycles. The fourth-order valence-corrected chi connectivity index (χ4v) is 3.30. The first-order chi connectivity index (χ1) is 13.0. The topological polar surface area (TPSA) is 58.6 Å². The van der Waals surface area contributed by atoms with E-state index in [-0.39, 0.29) is 30.6 Å². The Kier molecular flexibility index (Phi) is 8.13. The lowest BCUT2D eigenvalue weighted by Gasteiger charge is -2.20. The SMILES string of the molecule is CCN(CC(=O)Nc1cccc(OC)c1)C(=O)CCSc1ccccc1F. The number of carbonyl (C=O) groups is 2. The summed E-state index contributed by atoms with van der Waals surface area (Å²) in [6.45, 7) is 2.21. The van der Waals surface area contributed by atoms with Gasteiger partial charge in [-0.1, -0.05) is 18.2 Å². The molecule has 2 rings (SSSR count). The summed E-state index contributed by atoms with van der Waals surface area (Å²) in [6.07, 6.45) is 0.235. The number of hydrogen-bond acceptors (Lipinski definition) is 4. The van der Waals surface area contributed by atoms with E-state index in [1.165, 1.54) is 22.7 Å². The fourth-order valence-electron chi connectivity index (χ4n) is 2.42. The van der Waals surface area contributed by atoms with Gasteiger partial charge in [0.2, 0.25) is 11.8 Å². The fraction of sp³-hybridized carbons (Fsp3) is 0.300. The molecule has 1 N–H and O–H groups in total. The van der Waals surface area contributed by atoms with Crippen molar-refractivity contribution in [3.05, 3.63) is 54.3 Å². The molecule has 0 saturated carbocycles. The van der Waals surface area contributed by atoms with Crippen LogP contribution < -0.4 is 10.1 Å². The zero-order valence-electron chi connectivity index (χ0n) is 15.4. The Hall–Kier alpha value is -2.54. The normalized spacial score (nSPS) is 10.3. The molecule has 0 aliphatic rings. The summed E-state index contributed by atoms with van der Waals surface area (Å²) >= 11 is 1.29. The van der Waals surface area contributed by atoms with Crippen LogP contribution >= 0.6 is 11.8 Å². The quantitative estimate of drug-likeness (QED) is 0.662. The van der Waals surface area contributed by atoms with Gasteiger partial charge in [-0.3, -0.25) is 9.59 Å². The van der Waals surface area contributed by atoms with Gasteiger partial charge in [0, 0.05) is 35.4 Å². The molecular weight excluding hydrogens is 367 g/mol. The second-order valence-electron chi connectivity index (χ2n) is 5.72. The number of rotatable bonds is 9. The maximum atomic E-state index is 13.6. The average molecular weight is 390 g/mol. The van der Waals surface area contributed by atoms with Crippen molar-refractivity contribution in [2.45, 2.75) is 18.2 Å². The first-order valence-corrected chi connectivity index (χ1v) is 9.61. The van der Waals surface area contributed by atoms with Crippen LogP contribution in [0.3, 0.4) is 0 Å². The lowest BCUT2D eigenvalue weighted by Crippen LogP contribution is -2.38. The number of nitrogens with zero attached hydrogens (tertiary/aromatic N) is 1. The maximum absolute atomic E-state index is 13.6. The number of amides is 2. The molecule has 7 heteroatoms. The van der Waals surface area contributed by atoms with Crippen molar-refractivity contribution in [1.82, 2.24) is 4.90 Å². The van der Waals surface area contributed by atoms with Crippen molar-refractivity contribution in [2.75, 3.05) is 31.3 Å². The molecule has 2 amide bonds. The Morgan fingerprint density at radius 3 is 2.67 bits per heavy atom. The van der Waals surface area contributed by atoms with Gasteiger partial charge in [-0.15, -0.1) is 11.8 Å². The molecule has 0 atom stereocenters. The van der Waals surface area contributed by atoms with Crippen molar-refractivity contribution in [3.63, 3.8) is 0 Å². The van der Waals surface area contributed by atoms with Gasteiger partial charge < -0.3 is 15.0 Å². The number of anilines is 1. The molecule has 2 aromatic carbocycles. The number of benzene rings is 2. The molecule has 0 unspecified atom stereocenters. The van der Waals surface area contributed by atoms with Gasteiger partial charge in [-0.2, -0.15) is 0 Å². The van der Waals surface area contributed by atoms with Gasteiger partial charge in [0.25, 0.3) is 0 Å². The van der Waals surface area contributed by atoms with E-state index in [1.54, 1.807) is 49.6 Å². The number of thioether (sulfide) groups is 1. The second-order valence-corrected chi connectivity index (χ2v) is 6.85. The van der Waals surface area contributed by atoms with E-state index in [9.17, 15) is 14.0 Å². The summed E-state index contributed by atoms with van der Waals surface area (Å²) < 4.78 is 18.7. The van der Waals surface area contributed by atoms with Gasteiger partial charge in [0.1, 0.15) is 11.6 Å². The molecule has 0 radical (unpaired) electrons. The number of hydrogen-bond donors (Lipinski definition) is 1. The van der Waals surface area contributed by atoms with Crippen LogP contribution in [-0.2, 0) is 9.59 Å². The molecule has 0 heterocycles. The minimum absolute atomic E-state index is 0.0308. The summed E-state index contributed by atoms with van der Waals surface area (Å²) in [7, 11) is 1.55. The predicted molar refractivity (Wildman–Crippen MR) is 106 cm³/mol. The number of ether oxygens (including phenoxy) is 1. The average Bonchev–Trinajstić information content (AvgIpc) is 2.67. The number of carbonyl (C=O) groups excluding carboxylic acids is 2. The number of halogens is 1. The van der Waals surface area contributed by atoms with Crippen LogP contribution in [0.4, 0.5) is 10.1 Å². The molecule has 0 aliphatic carbocycles. The Morgan fingerprint density at radius 2 is 1.96 bits per heavy atom. The van der Waals surface area contributed by atoms with E-state index in [0.29, 0.717) is 28.6 Å². The van der Waals surface area contributed by atoms with Crippen molar-refractivity contribution in [3.8, 4) is 5.75 Å². The third-order valence-corrected chi connectivity index (χ3v) is 4.88. The highest BCUT2D eigenvalue weighted by molar-refractivity contribution is 7.99. The summed E-state index contributed by atoms with van der Waals surface area (Å²) in [4.78, 5) is 26.6. The minimum atomic E-state index is -0.292. The Labute approximate surface area is 162 Å². The first-order valence-electron chi connectivity index (χ1n) is 8.62. The molecule has 5 nitrogen and oxygen atoms in total. The van der Waals surface area contributed by atoms with Crippen LogP contribution in [0, 0.1) is 5.82 Å². The number of nitrogens with one attached hydrogen (secondary N) is 1. The first kappa shape index (κ1) is 20.8. The second kappa shape index (κ2) is 10.6. The van der Waals surface area contributed by atoms with Gasteiger partial charge in [-0.25, -0.2) is 4.39 Å². The van der Waals surface area contributed by atoms with E-state index in [0.717, 1.165) is 0 Å². The summed E-state index contributed by atoms with van der Waals surface area (Å²) in [5, 5.41) is 2.76. The molecule has 0 bridgehead atoms. The van der Waals surface area contributed by atoms with Crippen molar-refractivity contribution in [2.24, 2.45) is 0 Å². The largest absolute Gasteiger partial charge is 0.497 e. The third kappa shape index (κ3) is 6.60. The molecule has 0 aromatic heterocycles. The third-order valence-electron chi connectivity index (χ3n) is 3.83. The lowest BCUT2D eigenvalue weighted by atomic mass is 10.3. The molecule has 0 spiro atoms. The van der Waals surface area contributed by atoms with Gasteiger partial charge >= 0.3 is 0 Å². The Morgan fingerprint density at radius 1 is 1.19 bits per heavy atom. The minimum Gasteiger partial charge on any atom is -0.497 e. The van der Waals surface area contributed by atoms with Gasteiger partial charge in [0.05, 0.1) is 13.7 Å². The zero-order valence-corrected chi connectivity index (χ0v) is 16.2. The summed E-state index contributed by atoms with van der Waals surface area (Å²) in [6, 6.07) is 13.5. The van der Waals surface area contributed by atoms with Gasteiger partial charge in [0.15, 0.2) is 0 Å². The molecule has 2 aromatic rings. The highest BCUT2D eigenvalue weighted by atomic mass is 32.2.